The highest BCUT2D eigenvalue weighted by molar-refractivity contribution is 7.92. The Hall–Kier alpha value is -2.58. The Morgan fingerprint density at radius 2 is 1.69 bits per heavy atom. The molecule has 0 heterocycles. The number of halogens is 1. The van der Waals surface area contributed by atoms with E-state index in [1.807, 2.05) is 52.0 Å². The van der Waals surface area contributed by atoms with Crippen molar-refractivity contribution in [3.8, 4) is 0 Å². The lowest BCUT2D eigenvalue weighted by molar-refractivity contribution is -0.141. The SMILES string of the molecule is CC[C@@H](C(=O)NC(C)C)N(Cc1ccccc1C)C(=O)CCCN(c1ccc(Cl)cc1)S(C)(=O)=O. The summed E-state index contributed by atoms with van der Waals surface area (Å²) in [4.78, 5) is 28.0. The summed E-state index contributed by atoms with van der Waals surface area (Å²) in [6.07, 6.45) is 2.02. The smallest absolute Gasteiger partial charge is 0.243 e. The van der Waals surface area contributed by atoms with Crippen LogP contribution in [0.25, 0.3) is 0 Å². The number of carbonyl (C=O) groups excluding carboxylic acids is 2. The molecule has 0 radical (unpaired) electrons. The first-order valence-electron chi connectivity index (χ1n) is 11.8. The van der Waals surface area contributed by atoms with Crippen molar-refractivity contribution < 1.29 is 18.0 Å². The topological polar surface area (TPSA) is 86.8 Å². The van der Waals surface area contributed by atoms with Crippen LogP contribution in [0, 0.1) is 6.92 Å². The van der Waals surface area contributed by atoms with Crippen molar-refractivity contribution >= 4 is 39.1 Å². The molecule has 0 aliphatic rings. The zero-order chi connectivity index (χ0) is 26.2. The lowest BCUT2D eigenvalue weighted by Crippen LogP contribution is -2.50. The molecular formula is C26H36ClN3O4S. The molecule has 0 saturated carbocycles. The van der Waals surface area contributed by atoms with E-state index in [0.29, 0.717) is 30.1 Å². The minimum atomic E-state index is -3.55. The maximum atomic E-state index is 13.4. The molecule has 0 aliphatic carbocycles. The van der Waals surface area contributed by atoms with Gasteiger partial charge in [0.15, 0.2) is 0 Å². The molecule has 0 saturated heterocycles. The van der Waals surface area contributed by atoms with E-state index in [4.69, 9.17) is 11.6 Å². The van der Waals surface area contributed by atoms with Gasteiger partial charge in [0.05, 0.1) is 11.9 Å². The van der Waals surface area contributed by atoms with Gasteiger partial charge >= 0.3 is 0 Å². The van der Waals surface area contributed by atoms with Gasteiger partial charge in [-0.1, -0.05) is 42.8 Å². The van der Waals surface area contributed by atoms with E-state index in [0.717, 1.165) is 17.4 Å². The van der Waals surface area contributed by atoms with Crippen LogP contribution in [-0.4, -0.2) is 50.0 Å². The third kappa shape index (κ3) is 8.54. The van der Waals surface area contributed by atoms with Crippen LogP contribution in [0.3, 0.4) is 0 Å². The van der Waals surface area contributed by atoms with Gasteiger partial charge in [-0.05, 0) is 69.0 Å². The van der Waals surface area contributed by atoms with Crippen LogP contribution >= 0.6 is 11.6 Å². The molecule has 35 heavy (non-hydrogen) atoms. The third-order valence-electron chi connectivity index (χ3n) is 5.69. The van der Waals surface area contributed by atoms with Crippen LogP contribution in [0.2, 0.25) is 5.02 Å². The van der Waals surface area contributed by atoms with Crippen molar-refractivity contribution in [2.45, 2.75) is 65.6 Å². The van der Waals surface area contributed by atoms with Crippen molar-refractivity contribution in [3.05, 3.63) is 64.7 Å². The Balaban J connectivity index is 2.22. The van der Waals surface area contributed by atoms with Crippen LogP contribution in [0.4, 0.5) is 5.69 Å². The number of benzene rings is 2. The normalized spacial score (nSPS) is 12.3. The maximum Gasteiger partial charge on any atom is 0.243 e. The molecule has 2 rings (SSSR count). The fraction of sp³-hybridized carbons (Fsp3) is 0.462. The molecule has 9 heteroatoms. The van der Waals surface area contributed by atoms with Gasteiger partial charge in [-0.3, -0.25) is 13.9 Å². The molecule has 7 nitrogen and oxygen atoms in total. The number of anilines is 1. The number of rotatable bonds is 12. The second kappa shape index (κ2) is 12.9. The van der Waals surface area contributed by atoms with E-state index >= 15 is 0 Å². The third-order valence-corrected chi connectivity index (χ3v) is 7.13. The number of carbonyl (C=O) groups is 2. The molecule has 0 aliphatic heterocycles. The first-order chi connectivity index (χ1) is 16.4. The molecule has 1 N–H and O–H groups in total. The van der Waals surface area contributed by atoms with Crippen LogP contribution in [-0.2, 0) is 26.2 Å². The first-order valence-corrected chi connectivity index (χ1v) is 14.0. The lowest BCUT2D eigenvalue weighted by Gasteiger charge is -2.32. The molecule has 0 fully saturated rings. The van der Waals surface area contributed by atoms with Gasteiger partial charge in [0, 0.05) is 30.6 Å². The summed E-state index contributed by atoms with van der Waals surface area (Å²) in [6, 6.07) is 13.6. The second-order valence-electron chi connectivity index (χ2n) is 8.95. The van der Waals surface area contributed by atoms with Gasteiger partial charge in [-0.2, -0.15) is 0 Å². The number of hydrogen-bond acceptors (Lipinski definition) is 4. The minimum Gasteiger partial charge on any atom is -0.352 e. The number of sulfonamides is 1. The van der Waals surface area contributed by atoms with Gasteiger partial charge in [-0.25, -0.2) is 8.42 Å². The van der Waals surface area contributed by atoms with Gasteiger partial charge in [0.25, 0.3) is 0 Å². The lowest BCUT2D eigenvalue weighted by atomic mass is 10.0. The highest BCUT2D eigenvalue weighted by Crippen LogP contribution is 2.22. The van der Waals surface area contributed by atoms with E-state index in [1.165, 1.54) is 4.31 Å². The summed E-state index contributed by atoms with van der Waals surface area (Å²) in [5.74, 6) is -0.382. The van der Waals surface area contributed by atoms with Crippen LogP contribution in [0.5, 0.6) is 0 Å². The van der Waals surface area contributed by atoms with Crippen molar-refractivity contribution in [3.63, 3.8) is 0 Å². The predicted octanol–water partition coefficient (Wildman–Crippen LogP) is 4.53. The van der Waals surface area contributed by atoms with Crippen molar-refractivity contribution in [1.82, 2.24) is 10.2 Å². The molecule has 0 spiro atoms. The highest BCUT2D eigenvalue weighted by Gasteiger charge is 2.29. The predicted molar refractivity (Wildman–Crippen MR) is 142 cm³/mol. The largest absolute Gasteiger partial charge is 0.352 e. The molecular weight excluding hydrogens is 486 g/mol. The average molecular weight is 522 g/mol. The summed E-state index contributed by atoms with van der Waals surface area (Å²) in [6.45, 7) is 8.07. The molecule has 192 valence electrons. The fourth-order valence-electron chi connectivity index (χ4n) is 3.88. The second-order valence-corrected chi connectivity index (χ2v) is 11.3. The van der Waals surface area contributed by atoms with E-state index < -0.39 is 16.1 Å². The number of amides is 2. The standard InChI is InChI=1S/C26H36ClN3O4S/c1-6-24(26(32)28-19(2)3)29(18-21-11-8-7-10-20(21)4)25(31)12-9-17-30(35(5,33)34)23-15-13-22(27)14-16-23/h7-8,10-11,13-16,19,24H,6,9,12,17-18H2,1-5H3,(H,28,32)/t24-/m0/s1. The Kier molecular flexibility index (Phi) is 10.6. The number of nitrogens with zero attached hydrogens (tertiary/aromatic N) is 2. The molecule has 2 aromatic rings. The minimum absolute atomic E-state index is 0.0466. The van der Waals surface area contributed by atoms with Crippen molar-refractivity contribution in [2.24, 2.45) is 0 Å². The summed E-state index contributed by atoms with van der Waals surface area (Å²) in [5.41, 5.74) is 2.50. The summed E-state index contributed by atoms with van der Waals surface area (Å²) < 4.78 is 26.1. The molecule has 0 aromatic heterocycles. The van der Waals surface area contributed by atoms with E-state index in [1.54, 1.807) is 29.2 Å². The summed E-state index contributed by atoms with van der Waals surface area (Å²) in [5, 5.41) is 3.43. The summed E-state index contributed by atoms with van der Waals surface area (Å²) in [7, 11) is -3.55. The average Bonchev–Trinajstić information content (AvgIpc) is 2.77. The molecule has 0 unspecified atom stereocenters. The van der Waals surface area contributed by atoms with Gasteiger partial charge in [-0.15, -0.1) is 0 Å². The van der Waals surface area contributed by atoms with Crippen LogP contribution < -0.4 is 9.62 Å². The van der Waals surface area contributed by atoms with Gasteiger partial charge in [0.1, 0.15) is 6.04 Å². The zero-order valence-corrected chi connectivity index (χ0v) is 22.7. The highest BCUT2D eigenvalue weighted by atomic mass is 35.5. The monoisotopic (exact) mass is 521 g/mol. The Labute approximate surface area is 214 Å². The molecule has 1 atom stereocenters. The maximum absolute atomic E-state index is 13.4. The van der Waals surface area contributed by atoms with Crippen LogP contribution in [0.15, 0.2) is 48.5 Å². The molecule has 0 bridgehead atoms. The first kappa shape index (κ1) is 28.7. The molecule has 2 amide bonds. The van der Waals surface area contributed by atoms with E-state index in [-0.39, 0.29) is 30.8 Å². The number of aryl methyl sites for hydroxylation is 1. The van der Waals surface area contributed by atoms with Crippen LogP contribution in [0.1, 0.15) is 51.2 Å². The number of nitrogens with one attached hydrogen (secondary N) is 1. The Morgan fingerprint density at radius 1 is 1.06 bits per heavy atom. The van der Waals surface area contributed by atoms with E-state index in [2.05, 4.69) is 5.32 Å². The Bertz CT molecular complexity index is 1100. The van der Waals surface area contributed by atoms with Gasteiger partial charge < -0.3 is 10.2 Å². The zero-order valence-electron chi connectivity index (χ0n) is 21.1. The number of hydrogen-bond donors (Lipinski definition) is 1. The quantitative estimate of drug-likeness (QED) is 0.444. The summed E-state index contributed by atoms with van der Waals surface area (Å²) >= 11 is 5.94. The van der Waals surface area contributed by atoms with Crippen molar-refractivity contribution in [1.29, 1.82) is 0 Å². The van der Waals surface area contributed by atoms with Gasteiger partial charge in [0.2, 0.25) is 21.8 Å². The Morgan fingerprint density at radius 3 is 2.23 bits per heavy atom. The van der Waals surface area contributed by atoms with Crippen molar-refractivity contribution in [2.75, 3.05) is 17.1 Å². The fourth-order valence-corrected chi connectivity index (χ4v) is 4.97. The molecule has 2 aromatic carbocycles. The van der Waals surface area contributed by atoms with E-state index in [9.17, 15) is 18.0 Å².